The zero-order valence-electron chi connectivity index (χ0n) is 22.8. The van der Waals surface area contributed by atoms with E-state index in [9.17, 15) is 34.2 Å². The Morgan fingerprint density at radius 3 is 2.24 bits per heavy atom. The third kappa shape index (κ3) is 9.14. The standard InChI is InChI=1S/C27H36N8O7/c28-8-4-3-6-18(29)24(38)33-20(10-16-13-30-14-32-16)25(39)34-21(11-23(36)37)26(40)35-22(27(41)42)9-15-12-31-19-7-2-1-5-17(15)19/h1-2,5,7,12-14,18,20-22,31H,3-4,6,8-11,28-29H2,(H,30,32)(H,33,38)(H,34,39)(H,35,40)(H,36,37)(H,41,42). The highest BCUT2D eigenvalue weighted by Gasteiger charge is 2.32. The molecule has 0 aliphatic carbocycles. The zero-order chi connectivity index (χ0) is 30.6. The van der Waals surface area contributed by atoms with Crippen LogP contribution >= 0.6 is 0 Å². The van der Waals surface area contributed by atoms with E-state index in [1.54, 1.807) is 18.3 Å². The molecular formula is C27H36N8O7. The van der Waals surface area contributed by atoms with Crippen LogP contribution in [-0.2, 0) is 36.8 Å². The molecule has 0 saturated carbocycles. The lowest BCUT2D eigenvalue weighted by molar-refractivity contribution is -0.143. The van der Waals surface area contributed by atoms with Gasteiger partial charge in [-0.15, -0.1) is 0 Å². The molecule has 3 rings (SSSR count). The number of unbranched alkanes of at least 4 members (excludes halogenated alkanes) is 1. The molecule has 42 heavy (non-hydrogen) atoms. The Morgan fingerprint density at radius 2 is 1.57 bits per heavy atom. The van der Waals surface area contributed by atoms with E-state index in [0.29, 0.717) is 37.1 Å². The molecule has 0 bridgehead atoms. The van der Waals surface area contributed by atoms with Gasteiger partial charge in [0.25, 0.3) is 0 Å². The second kappa shape index (κ2) is 15.3. The monoisotopic (exact) mass is 584 g/mol. The van der Waals surface area contributed by atoms with Gasteiger partial charge >= 0.3 is 11.9 Å². The SMILES string of the molecule is NCCCCC(N)C(=O)NC(Cc1cnc[nH]1)C(=O)NC(CC(=O)O)C(=O)NC(Cc1c[nH]c2ccccc12)C(=O)O. The molecule has 15 nitrogen and oxygen atoms in total. The normalized spacial score (nSPS) is 14.0. The molecule has 0 spiro atoms. The van der Waals surface area contributed by atoms with Gasteiger partial charge in [-0.3, -0.25) is 19.2 Å². The van der Waals surface area contributed by atoms with Crippen molar-refractivity contribution in [3.05, 3.63) is 54.2 Å². The average molecular weight is 585 g/mol. The van der Waals surface area contributed by atoms with Gasteiger partial charge in [-0.25, -0.2) is 9.78 Å². The molecule has 2 aromatic heterocycles. The second-order valence-corrected chi connectivity index (χ2v) is 9.86. The van der Waals surface area contributed by atoms with Gasteiger partial charge in [0.1, 0.15) is 18.1 Å². The maximum Gasteiger partial charge on any atom is 0.326 e. The molecule has 4 unspecified atom stereocenters. The van der Waals surface area contributed by atoms with E-state index in [4.69, 9.17) is 11.5 Å². The molecule has 226 valence electrons. The van der Waals surface area contributed by atoms with Crippen molar-refractivity contribution in [3.8, 4) is 0 Å². The lowest BCUT2D eigenvalue weighted by Crippen LogP contribution is -2.58. The molecule has 15 heteroatoms. The first-order chi connectivity index (χ1) is 20.1. The smallest absolute Gasteiger partial charge is 0.326 e. The summed E-state index contributed by atoms with van der Waals surface area (Å²) < 4.78 is 0. The van der Waals surface area contributed by atoms with Crippen LogP contribution in [-0.4, -0.2) is 85.5 Å². The van der Waals surface area contributed by atoms with E-state index in [2.05, 4.69) is 30.9 Å². The number of nitrogens with zero attached hydrogens (tertiary/aromatic N) is 1. The molecular weight excluding hydrogens is 548 g/mol. The molecule has 0 aliphatic rings. The Kier molecular flexibility index (Phi) is 11.6. The molecule has 0 fully saturated rings. The Morgan fingerprint density at radius 1 is 0.881 bits per heavy atom. The predicted molar refractivity (Wildman–Crippen MR) is 151 cm³/mol. The number of carboxylic acids is 2. The van der Waals surface area contributed by atoms with Crippen molar-refractivity contribution in [2.24, 2.45) is 11.5 Å². The Bertz CT molecular complexity index is 1370. The minimum Gasteiger partial charge on any atom is -0.481 e. The number of H-pyrrole nitrogens is 2. The van der Waals surface area contributed by atoms with Crippen LogP contribution in [0.4, 0.5) is 0 Å². The van der Waals surface area contributed by atoms with Gasteiger partial charge in [0.2, 0.25) is 17.7 Å². The lowest BCUT2D eigenvalue weighted by Gasteiger charge is -2.24. The van der Waals surface area contributed by atoms with Crippen LogP contribution in [0.1, 0.15) is 36.9 Å². The van der Waals surface area contributed by atoms with E-state index in [-0.39, 0.29) is 12.8 Å². The van der Waals surface area contributed by atoms with Crippen molar-refractivity contribution in [1.82, 2.24) is 30.9 Å². The van der Waals surface area contributed by atoms with Gasteiger partial charge in [0.15, 0.2) is 0 Å². The summed E-state index contributed by atoms with van der Waals surface area (Å²) in [6, 6.07) is 1.99. The van der Waals surface area contributed by atoms with Gasteiger partial charge in [0, 0.05) is 41.8 Å². The van der Waals surface area contributed by atoms with E-state index >= 15 is 0 Å². The van der Waals surface area contributed by atoms with Gasteiger partial charge < -0.3 is 47.6 Å². The molecule has 0 aliphatic heterocycles. The number of fused-ring (bicyclic) bond motifs is 1. The van der Waals surface area contributed by atoms with Gasteiger partial charge in [-0.2, -0.15) is 0 Å². The van der Waals surface area contributed by atoms with Crippen LogP contribution < -0.4 is 27.4 Å². The minimum absolute atomic E-state index is 0.0627. The molecule has 3 aromatic rings. The number of nitrogens with two attached hydrogens (primary N) is 2. The fourth-order valence-electron chi connectivity index (χ4n) is 4.39. The van der Waals surface area contributed by atoms with Crippen LogP contribution in [0.25, 0.3) is 10.9 Å². The van der Waals surface area contributed by atoms with Crippen LogP contribution in [0, 0.1) is 0 Å². The third-order valence-corrected chi connectivity index (χ3v) is 6.64. The van der Waals surface area contributed by atoms with Crippen molar-refractivity contribution in [2.75, 3.05) is 6.54 Å². The number of carboxylic acid groups (broad SMARTS) is 2. The van der Waals surface area contributed by atoms with Gasteiger partial charge in [-0.05, 0) is 31.0 Å². The number of carbonyl (C=O) groups excluding carboxylic acids is 3. The number of para-hydroxylation sites is 1. The summed E-state index contributed by atoms with van der Waals surface area (Å²) in [6.07, 6.45) is 5.06. The Labute approximate surface area is 240 Å². The topological polar surface area (TPSA) is 258 Å². The number of aromatic amines is 2. The molecule has 1 aromatic carbocycles. The summed E-state index contributed by atoms with van der Waals surface area (Å²) in [5, 5.41) is 27.2. The second-order valence-electron chi connectivity index (χ2n) is 9.86. The largest absolute Gasteiger partial charge is 0.481 e. The molecule has 0 saturated heterocycles. The summed E-state index contributed by atoms with van der Waals surface area (Å²) >= 11 is 0. The number of imidazole rings is 1. The summed E-state index contributed by atoms with van der Waals surface area (Å²) in [7, 11) is 0. The van der Waals surface area contributed by atoms with Crippen molar-refractivity contribution < 1.29 is 34.2 Å². The van der Waals surface area contributed by atoms with E-state index in [0.717, 1.165) is 10.9 Å². The summed E-state index contributed by atoms with van der Waals surface area (Å²) in [5.74, 6) is -5.24. The Balaban J connectivity index is 1.74. The maximum absolute atomic E-state index is 13.3. The molecule has 11 N–H and O–H groups in total. The van der Waals surface area contributed by atoms with Gasteiger partial charge in [0.05, 0.1) is 18.8 Å². The highest BCUT2D eigenvalue weighted by molar-refractivity contribution is 5.96. The highest BCUT2D eigenvalue weighted by atomic mass is 16.4. The number of hydrogen-bond donors (Lipinski definition) is 9. The first-order valence-corrected chi connectivity index (χ1v) is 13.4. The van der Waals surface area contributed by atoms with E-state index in [1.165, 1.54) is 12.5 Å². The lowest BCUT2D eigenvalue weighted by atomic mass is 10.0. The number of rotatable bonds is 17. The number of aliphatic carboxylic acids is 2. The van der Waals surface area contributed by atoms with Crippen LogP contribution in [0.15, 0.2) is 43.0 Å². The average Bonchev–Trinajstić information content (AvgIpc) is 3.61. The molecule has 2 heterocycles. The quantitative estimate of drug-likeness (QED) is 0.0887. The fourth-order valence-corrected chi connectivity index (χ4v) is 4.39. The summed E-state index contributed by atoms with van der Waals surface area (Å²) in [4.78, 5) is 72.5. The van der Waals surface area contributed by atoms with Crippen molar-refractivity contribution in [3.63, 3.8) is 0 Å². The zero-order valence-corrected chi connectivity index (χ0v) is 22.8. The summed E-state index contributed by atoms with van der Waals surface area (Å²) in [5.41, 5.74) is 13.3. The van der Waals surface area contributed by atoms with Gasteiger partial charge in [-0.1, -0.05) is 24.6 Å². The molecule has 4 atom stereocenters. The molecule has 0 radical (unpaired) electrons. The van der Waals surface area contributed by atoms with E-state index < -0.39 is 60.2 Å². The van der Waals surface area contributed by atoms with Crippen LogP contribution in [0.5, 0.6) is 0 Å². The predicted octanol–water partition coefficient (Wildman–Crippen LogP) is -0.854. The number of aromatic nitrogens is 3. The van der Waals surface area contributed by atoms with Crippen molar-refractivity contribution in [1.29, 1.82) is 0 Å². The maximum atomic E-state index is 13.3. The number of hydrogen-bond acceptors (Lipinski definition) is 8. The highest BCUT2D eigenvalue weighted by Crippen LogP contribution is 2.19. The van der Waals surface area contributed by atoms with Crippen LogP contribution in [0.3, 0.4) is 0 Å². The molecule has 3 amide bonds. The number of nitrogens with one attached hydrogen (secondary N) is 5. The Hall–Kier alpha value is -4.76. The van der Waals surface area contributed by atoms with E-state index in [1.807, 2.05) is 12.1 Å². The number of benzene rings is 1. The minimum atomic E-state index is -1.64. The van der Waals surface area contributed by atoms with Crippen LogP contribution in [0.2, 0.25) is 0 Å². The fraction of sp³-hybridized carbons (Fsp3) is 0.407. The first kappa shape index (κ1) is 31.8. The third-order valence-electron chi connectivity index (χ3n) is 6.64. The summed E-state index contributed by atoms with van der Waals surface area (Å²) in [6.45, 7) is 0.441. The number of carbonyl (C=O) groups is 5. The first-order valence-electron chi connectivity index (χ1n) is 13.4. The number of amides is 3. The van der Waals surface area contributed by atoms with Crippen molar-refractivity contribution in [2.45, 2.75) is 62.7 Å². The van der Waals surface area contributed by atoms with Crippen molar-refractivity contribution >= 4 is 40.6 Å².